The highest BCUT2D eigenvalue weighted by Gasteiger charge is 2.17. The van der Waals surface area contributed by atoms with E-state index in [1.165, 1.54) is 6.92 Å². The van der Waals surface area contributed by atoms with Crippen LogP contribution in [-0.4, -0.2) is 40.5 Å². The monoisotopic (exact) mass is 147 g/mol. The van der Waals surface area contributed by atoms with Crippen molar-refractivity contribution in [2.45, 2.75) is 26.6 Å². The smallest absolute Gasteiger partial charge is 0.172 e. The van der Waals surface area contributed by atoms with Crippen molar-refractivity contribution in [1.82, 2.24) is 4.90 Å². The maximum absolute atomic E-state index is 8.96. The van der Waals surface area contributed by atoms with Crippen LogP contribution >= 0.6 is 0 Å². The minimum Gasteiger partial charge on any atom is -0.365 e. The summed E-state index contributed by atoms with van der Waals surface area (Å²) in [6.45, 7) is 7.41. The van der Waals surface area contributed by atoms with Crippen molar-refractivity contribution in [2.24, 2.45) is 0 Å². The lowest BCUT2D eigenvalue weighted by Gasteiger charge is -2.25. The molecule has 10 heavy (non-hydrogen) atoms. The fourth-order valence-corrected chi connectivity index (χ4v) is 0.871. The zero-order valence-electron chi connectivity index (χ0n) is 6.96. The fourth-order valence-electron chi connectivity index (χ4n) is 0.871. The molecule has 2 N–H and O–H groups in total. The highest BCUT2D eigenvalue weighted by Crippen LogP contribution is 2.00. The molecular weight excluding hydrogens is 130 g/mol. The molecule has 0 spiro atoms. The van der Waals surface area contributed by atoms with Gasteiger partial charge < -0.3 is 10.2 Å². The Hall–Kier alpha value is -0.120. The van der Waals surface area contributed by atoms with E-state index in [0.29, 0.717) is 6.54 Å². The van der Waals surface area contributed by atoms with Gasteiger partial charge in [-0.05, 0) is 20.0 Å². The molecule has 0 heterocycles. The minimum atomic E-state index is -1.55. The molecule has 0 aromatic rings. The largest absolute Gasteiger partial charge is 0.365 e. The lowest BCUT2D eigenvalue weighted by Crippen LogP contribution is -2.40. The van der Waals surface area contributed by atoms with Crippen LogP contribution in [0.3, 0.4) is 0 Å². The van der Waals surface area contributed by atoms with E-state index in [0.717, 1.165) is 13.1 Å². The summed E-state index contributed by atoms with van der Waals surface area (Å²) in [7, 11) is 0. The van der Waals surface area contributed by atoms with Crippen molar-refractivity contribution in [3.8, 4) is 0 Å². The first-order valence-electron chi connectivity index (χ1n) is 3.66. The van der Waals surface area contributed by atoms with Gasteiger partial charge in [-0.2, -0.15) is 0 Å². The maximum atomic E-state index is 8.96. The molecule has 0 unspecified atom stereocenters. The standard InChI is InChI=1S/C7H17NO2/c1-4-8(5-2)6-7(3,9)10/h9-10H,4-6H2,1-3H3. The van der Waals surface area contributed by atoms with Crippen molar-refractivity contribution in [2.75, 3.05) is 19.6 Å². The predicted molar refractivity (Wildman–Crippen MR) is 40.6 cm³/mol. The van der Waals surface area contributed by atoms with Gasteiger partial charge in [0, 0.05) is 0 Å². The van der Waals surface area contributed by atoms with Crippen LogP contribution in [0.2, 0.25) is 0 Å². The lowest BCUT2D eigenvalue weighted by atomic mass is 10.3. The Morgan fingerprint density at radius 3 is 1.70 bits per heavy atom. The van der Waals surface area contributed by atoms with Gasteiger partial charge in [0.25, 0.3) is 0 Å². The summed E-state index contributed by atoms with van der Waals surface area (Å²) >= 11 is 0. The van der Waals surface area contributed by atoms with Gasteiger partial charge in [-0.3, -0.25) is 4.90 Å². The number of aliphatic hydroxyl groups is 2. The third kappa shape index (κ3) is 4.73. The van der Waals surface area contributed by atoms with Gasteiger partial charge in [-0.1, -0.05) is 13.8 Å². The SMILES string of the molecule is CCN(CC)CC(C)(O)O. The minimum absolute atomic E-state index is 0.319. The highest BCUT2D eigenvalue weighted by molar-refractivity contribution is 4.62. The van der Waals surface area contributed by atoms with Crippen molar-refractivity contribution < 1.29 is 10.2 Å². The number of nitrogens with zero attached hydrogens (tertiary/aromatic N) is 1. The summed E-state index contributed by atoms with van der Waals surface area (Å²) < 4.78 is 0. The van der Waals surface area contributed by atoms with E-state index < -0.39 is 5.79 Å². The zero-order chi connectivity index (χ0) is 8.20. The van der Waals surface area contributed by atoms with Crippen LogP contribution in [0.25, 0.3) is 0 Å². The van der Waals surface area contributed by atoms with E-state index in [-0.39, 0.29) is 0 Å². The Bertz CT molecular complexity index is 84.1. The average molecular weight is 147 g/mol. The quantitative estimate of drug-likeness (QED) is 0.551. The normalized spacial score (nSPS) is 12.6. The van der Waals surface area contributed by atoms with Gasteiger partial charge in [0.1, 0.15) is 0 Å². The second-order valence-corrected chi connectivity index (χ2v) is 2.68. The van der Waals surface area contributed by atoms with Crippen LogP contribution in [0.15, 0.2) is 0 Å². The molecule has 0 aliphatic heterocycles. The molecule has 0 saturated heterocycles. The van der Waals surface area contributed by atoms with E-state index in [9.17, 15) is 0 Å². The third-order valence-corrected chi connectivity index (χ3v) is 1.42. The molecule has 0 aliphatic carbocycles. The van der Waals surface area contributed by atoms with Crippen LogP contribution in [0.4, 0.5) is 0 Å². The molecule has 0 aliphatic rings. The lowest BCUT2D eigenvalue weighted by molar-refractivity contribution is -0.158. The molecule has 3 nitrogen and oxygen atoms in total. The van der Waals surface area contributed by atoms with Crippen molar-refractivity contribution in [3.63, 3.8) is 0 Å². The third-order valence-electron chi connectivity index (χ3n) is 1.42. The molecule has 0 atom stereocenters. The summed E-state index contributed by atoms with van der Waals surface area (Å²) in [5.41, 5.74) is 0. The van der Waals surface area contributed by atoms with Gasteiger partial charge in [0.15, 0.2) is 5.79 Å². The molecule has 0 amide bonds. The Labute approximate surface area is 62.3 Å². The first kappa shape index (κ1) is 9.88. The molecule has 0 rings (SSSR count). The number of hydrogen-bond donors (Lipinski definition) is 2. The van der Waals surface area contributed by atoms with Crippen molar-refractivity contribution in [3.05, 3.63) is 0 Å². The molecule has 62 valence electrons. The molecule has 0 bridgehead atoms. The van der Waals surface area contributed by atoms with Crippen LogP contribution < -0.4 is 0 Å². The molecule has 0 fully saturated rings. The second kappa shape index (κ2) is 3.91. The van der Waals surface area contributed by atoms with E-state index in [1.54, 1.807) is 0 Å². The molecule has 0 aromatic carbocycles. The van der Waals surface area contributed by atoms with Crippen LogP contribution in [-0.2, 0) is 0 Å². The van der Waals surface area contributed by atoms with Gasteiger partial charge in [0.2, 0.25) is 0 Å². The van der Waals surface area contributed by atoms with Crippen molar-refractivity contribution in [1.29, 1.82) is 0 Å². The van der Waals surface area contributed by atoms with Crippen LogP contribution in [0.5, 0.6) is 0 Å². The van der Waals surface area contributed by atoms with E-state index >= 15 is 0 Å². The summed E-state index contributed by atoms with van der Waals surface area (Å²) in [5, 5.41) is 17.9. The molecule has 3 heteroatoms. The summed E-state index contributed by atoms with van der Waals surface area (Å²) in [4.78, 5) is 1.96. The van der Waals surface area contributed by atoms with Gasteiger partial charge in [-0.15, -0.1) is 0 Å². The number of rotatable bonds is 4. The first-order valence-corrected chi connectivity index (χ1v) is 3.66. The number of hydrogen-bond acceptors (Lipinski definition) is 3. The molecule has 0 aromatic heterocycles. The predicted octanol–water partition coefficient (Wildman–Crippen LogP) is 0.0290. The Morgan fingerprint density at radius 2 is 1.60 bits per heavy atom. The van der Waals surface area contributed by atoms with Crippen LogP contribution in [0.1, 0.15) is 20.8 Å². The maximum Gasteiger partial charge on any atom is 0.172 e. The van der Waals surface area contributed by atoms with Crippen molar-refractivity contribution >= 4 is 0 Å². The summed E-state index contributed by atoms with van der Waals surface area (Å²) in [5.74, 6) is -1.55. The van der Waals surface area contributed by atoms with Crippen LogP contribution in [0, 0.1) is 0 Å². The molecule has 0 saturated carbocycles. The Morgan fingerprint density at radius 1 is 1.20 bits per heavy atom. The van der Waals surface area contributed by atoms with Gasteiger partial charge >= 0.3 is 0 Å². The van der Waals surface area contributed by atoms with Gasteiger partial charge in [-0.25, -0.2) is 0 Å². The summed E-state index contributed by atoms with van der Waals surface area (Å²) in [6.07, 6.45) is 0. The topological polar surface area (TPSA) is 43.7 Å². The Balaban J connectivity index is 3.63. The molecule has 0 radical (unpaired) electrons. The van der Waals surface area contributed by atoms with E-state index in [2.05, 4.69) is 0 Å². The van der Waals surface area contributed by atoms with Gasteiger partial charge in [0.05, 0.1) is 6.54 Å². The number of likely N-dealkylation sites (N-methyl/N-ethyl adjacent to an activating group) is 1. The zero-order valence-corrected chi connectivity index (χ0v) is 6.96. The first-order chi connectivity index (χ1) is 4.49. The van der Waals surface area contributed by atoms with E-state index in [4.69, 9.17) is 10.2 Å². The second-order valence-electron chi connectivity index (χ2n) is 2.68. The average Bonchev–Trinajstić information content (AvgIpc) is 1.81. The van der Waals surface area contributed by atoms with E-state index in [1.807, 2.05) is 18.7 Å². The molecular formula is C7H17NO2. The summed E-state index contributed by atoms with van der Waals surface area (Å²) in [6, 6.07) is 0. The fraction of sp³-hybridized carbons (Fsp3) is 1.00. The highest BCUT2D eigenvalue weighted by atomic mass is 16.5. The Kier molecular flexibility index (Phi) is 3.86.